The Labute approximate surface area is 789 Å². The van der Waals surface area contributed by atoms with Gasteiger partial charge in [0.15, 0.2) is 12.1 Å². The number of piperidine rings is 2. The number of carbonyl (C=O) groups excluding carboxylic acids is 2. The van der Waals surface area contributed by atoms with E-state index < -0.39 is 96.8 Å². The molecule has 39 heteroatoms. The predicted octanol–water partition coefficient (Wildman–Crippen LogP) is 15.0. The van der Waals surface area contributed by atoms with E-state index in [1.165, 1.54) is 131 Å². The number of phenols is 1. The van der Waals surface area contributed by atoms with Gasteiger partial charge in [-0.2, -0.15) is 35.4 Å². The minimum absolute atomic E-state index is 0. The first-order valence-electron chi connectivity index (χ1n) is 41.3. The van der Waals surface area contributed by atoms with Crippen LogP contribution in [0.5, 0.6) is 28.7 Å². The number of nitrogens with zero attached hydrogens (tertiary/aromatic N) is 2. The Morgan fingerprint density at radius 1 is 0.476 bits per heavy atom. The summed E-state index contributed by atoms with van der Waals surface area (Å²) in [6.07, 6.45) is 13.4. The molecule has 4 radical (unpaired) electrons. The molecule has 11 rings (SSSR count). The van der Waals surface area contributed by atoms with Gasteiger partial charge in [0.2, 0.25) is 31.9 Å². The SMILES string of the molecule is CCC(CC)COc1ccc(S(=O)(=O)Cl)cc1.CCC(CC)COc1ccc(S(=O)(=O)NC(C(=O)N2C3CCC2CC(C)C3)C(F)(F)c2ccc(Br)cc2)cc1.CCC(CC)COc1ccc(S(=O)(=O)NC(C(=O)N2C3CCC2CC(N)C3)C(F)(F)c2ccc(Br)cc2)cc1.CCC(CC)COc1ccc([S-](=O)=O)cc1.O=S(=O)(O)c1ccc(O)cc1.[B][B].[Na+].[OH-]. The maximum atomic E-state index is 16.1. The number of alkyl halides is 4. The van der Waals surface area contributed by atoms with E-state index in [0.717, 1.165) is 94.9 Å². The summed E-state index contributed by atoms with van der Waals surface area (Å²) in [4.78, 5) is 30.3. The predicted molar refractivity (Wildman–Crippen MR) is 483 cm³/mol. The summed E-state index contributed by atoms with van der Waals surface area (Å²) in [6.45, 7) is 21.3. The Hall–Kier alpha value is -5.87. The summed E-state index contributed by atoms with van der Waals surface area (Å²) in [5.74, 6) is -4.85. The number of phenolic OH excluding ortho intramolecular Hbond substituents is 1. The first-order valence-corrected chi connectivity index (χ1v) is 50.7. The maximum absolute atomic E-state index is 16.1. The minimum atomic E-state index is -4.49. The van der Waals surface area contributed by atoms with Gasteiger partial charge < -0.3 is 53.5 Å². The molecule has 4 fully saturated rings. The summed E-state index contributed by atoms with van der Waals surface area (Å²) in [5, 5.41) is 8.75. The van der Waals surface area contributed by atoms with Crippen LogP contribution in [0.25, 0.3) is 0 Å². The summed E-state index contributed by atoms with van der Waals surface area (Å²) in [7, 11) is -5.68. The van der Waals surface area contributed by atoms with Crippen LogP contribution < -0.4 is 63.7 Å². The van der Waals surface area contributed by atoms with Crippen molar-refractivity contribution < 1.29 is 133 Å². The molecule has 2 amide bonds. The van der Waals surface area contributed by atoms with E-state index in [9.17, 15) is 51.7 Å². The normalized spacial score (nSPS) is 17.8. The van der Waals surface area contributed by atoms with Crippen LogP contribution in [0.1, 0.15) is 176 Å². The van der Waals surface area contributed by atoms with Gasteiger partial charge >= 0.3 is 29.6 Å². The quantitative estimate of drug-likeness (QED) is 0.00810. The van der Waals surface area contributed by atoms with Crippen LogP contribution in [0.2, 0.25) is 0 Å². The molecular formula is C87H114B2Br2ClF4N5NaO19S5-. The molecule has 4 heterocycles. The molecule has 6 atom stereocenters. The monoisotopic (exact) mass is 2010 g/mol. The maximum Gasteiger partial charge on any atom is 1.00 e. The molecule has 4 bridgehead atoms. The van der Waals surface area contributed by atoms with Crippen LogP contribution in [0.4, 0.5) is 17.6 Å². The Morgan fingerprint density at radius 2 is 0.738 bits per heavy atom. The van der Waals surface area contributed by atoms with Gasteiger partial charge in [-0.1, -0.05) is 187 Å². The Morgan fingerprint density at radius 3 is 1.00 bits per heavy atom. The van der Waals surface area contributed by atoms with Crippen molar-refractivity contribution in [3.05, 3.63) is 190 Å². The van der Waals surface area contributed by atoms with Gasteiger partial charge in [-0.15, -0.1) is 0 Å². The zero-order valence-electron chi connectivity index (χ0n) is 72.4. The molecular weight excluding hydrogens is 1900 g/mol. The van der Waals surface area contributed by atoms with Crippen LogP contribution in [0.15, 0.2) is 203 Å². The fourth-order valence-corrected chi connectivity index (χ4v) is 19.2. The number of ether oxygens (including phenoxy) is 4. The van der Waals surface area contributed by atoms with Crippen molar-refractivity contribution in [1.82, 2.24) is 19.2 Å². The molecule has 7 N–H and O–H groups in total. The summed E-state index contributed by atoms with van der Waals surface area (Å²) in [5.41, 5.74) is 5.22. The van der Waals surface area contributed by atoms with Crippen molar-refractivity contribution in [2.24, 2.45) is 35.3 Å². The van der Waals surface area contributed by atoms with Gasteiger partial charge in [-0.25, -0.2) is 25.3 Å². The summed E-state index contributed by atoms with van der Waals surface area (Å²) < 4.78 is 218. The van der Waals surface area contributed by atoms with E-state index in [-0.39, 0.29) is 95.5 Å². The van der Waals surface area contributed by atoms with Gasteiger partial charge in [0.25, 0.3) is 31.0 Å². The molecule has 4 aliphatic rings. The minimum Gasteiger partial charge on any atom is -0.870 e. The second-order valence-corrected chi connectivity index (χ2v) is 41.1. The number of hydrogen-bond acceptors (Lipinski definition) is 20. The molecule has 7 aromatic carbocycles. The van der Waals surface area contributed by atoms with Crippen LogP contribution in [-0.2, 0) is 79.8 Å². The van der Waals surface area contributed by atoms with Crippen LogP contribution in [0, 0.1) is 29.6 Å². The fraction of sp³-hybridized carbons (Fsp3) is 0.494. The van der Waals surface area contributed by atoms with Gasteiger partial charge in [-0.3, -0.25) is 14.1 Å². The molecule has 24 nitrogen and oxygen atoms in total. The van der Waals surface area contributed by atoms with Gasteiger partial charge in [0, 0.05) is 76.4 Å². The van der Waals surface area contributed by atoms with E-state index >= 15 is 17.6 Å². The molecule has 6 unspecified atom stereocenters. The number of rotatable bonds is 35. The molecule has 4 aliphatic heterocycles. The van der Waals surface area contributed by atoms with Crippen molar-refractivity contribution in [2.45, 2.75) is 244 Å². The van der Waals surface area contributed by atoms with E-state index in [4.69, 9.17) is 45.0 Å². The fourth-order valence-electron chi connectivity index (χ4n) is 14.7. The molecule has 7 aromatic rings. The average Bonchev–Trinajstić information content (AvgIpc) is 1.44. The first-order chi connectivity index (χ1) is 58.5. The van der Waals surface area contributed by atoms with Crippen molar-refractivity contribution in [2.75, 3.05) is 26.4 Å². The number of benzene rings is 7. The molecule has 4 saturated heterocycles. The van der Waals surface area contributed by atoms with E-state index in [1.54, 1.807) is 36.4 Å². The van der Waals surface area contributed by atoms with E-state index in [0.29, 0.717) is 108 Å². The van der Waals surface area contributed by atoms with Crippen molar-refractivity contribution in [1.29, 1.82) is 0 Å². The molecule has 688 valence electrons. The number of halogens is 7. The Balaban J connectivity index is 0.000000354. The number of aromatic hydroxyl groups is 1. The number of fused-ring (bicyclic) bond motifs is 4. The summed E-state index contributed by atoms with van der Waals surface area (Å²) >= 11 is 6.47. The zero-order valence-corrected chi connectivity index (χ0v) is 82.4. The first kappa shape index (κ1) is 112. The van der Waals surface area contributed by atoms with E-state index in [2.05, 4.69) is 119 Å². The zero-order chi connectivity index (χ0) is 92.1. The number of sulfonamides is 2. The average molecular weight is 2010 g/mol. The molecule has 0 aromatic heterocycles. The van der Waals surface area contributed by atoms with Crippen LogP contribution in [0.3, 0.4) is 0 Å². The number of carbonyl (C=O) groups is 2. The number of amides is 2. The van der Waals surface area contributed by atoms with E-state index in [1.807, 2.05) is 0 Å². The largest absolute Gasteiger partial charge is 1.00 e. The third-order valence-corrected chi connectivity index (χ3v) is 29.4. The number of nitrogens with one attached hydrogen (secondary N) is 2. The molecule has 0 spiro atoms. The summed E-state index contributed by atoms with van der Waals surface area (Å²) in [6, 6.07) is 33.4. The molecule has 0 aliphatic carbocycles. The Kier molecular flexibility index (Phi) is 47.3. The van der Waals surface area contributed by atoms with Crippen molar-refractivity contribution in [3.8, 4) is 28.7 Å². The van der Waals surface area contributed by atoms with Crippen LogP contribution >= 0.6 is 42.5 Å². The van der Waals surface area contributed by atoms with Gasteiger partial charge in [0.1, 0.15) is 28.7 Å². The third-order valence-electron chi connectivity index (χ3n) is 22.6. The van der Waals surface area contributed by atoms with Crippen molar-refractivity contribution >= 4 is 120 Å². The molecule has 126 heavy (non-hydrogen) atoms. The Bertz CT molecular complexity index is 4810. The number of hydrogen-bond donors (Lipinski definition) is 5. The standard InChI is InChI=1S/C29H37BrF2N2O4S.C28H36BrF2N3O4S.C12H17ClO3S.C12H17O3S.C6H6O4S.B2.Na.H2O/c1-4-20(5-2)18-38-25-12-14-26(15-13-25)39(36,37)33-27(29(31,32)21-6-8-22(30)9-7-21)28(35)34-23-10-11-24(34)17-19(3)16-23;1-3-18(4-2)17-38-24-11-13-25(14-12-24)39(36,37)33-26(28(30,31)19-5-7-20(29)8-6-19)27(35)34-22-9-10-23(34)16-21(32)15-22;1-3-10(4-2)9-16-11-5-7-12(8-6-11)17(13,14)15;1-3-10(4-2)9-15-11-5-7-12(8-6-11)16(13)14;7-5-1-3-6(4-2-5)11(8,9)10;1-2;;/h6-9,12-15,19-20,23-24,27,33H,4-5,10-11,16-18H2,1-3H3;5-8,11-14,18,21-23,26,33H,3-4,9-10,15-17,32H2,1-2H3;5-8,10H,3-4,9H2,1-2H3;5-8,10H,3-4,9H2,1-2H3;1-4,7H,(H,8,9,10);;;1H2/q;;;-1;;;+1;/p-1. The smallest absolute Gasteiger partial charge is 0.870 e. The van der Waals surface area contributed by atoms with Crippen molar-refractivity contribution in [3.63, 3.8) is 0 Å². The second-order valence-electron chi connectivity index (χ2n) is 30.9. The van der Waals surface area contributed by atoms with Gasteiger partial charge in [0.05, 0.1) is 46.0 Å². The third kappa shape index (κ3) is 33.4. The van der Waals surface area contributed by atoms with Crippen LogP contribution in [-0.4, -0.2) is 155 Å². The molecule has 0 saturated carbocycles. The second kappa shape index (κ2) is 53.0. The number of nitrogens with two attached hydrogens (primary N) is 1. The topological polar surface area (TPSA) is 369 Å². The van der Waals surface area contributed by atoms with Gasteiger partial charge in [-0.05, 0) is 225 Å².